The van der Waals surface area contributed by atoms with Gasteiger partial charge < -0.3 is 15.0 Å². The summed E-state index contributed by atoms with van der Waals surface area (Å²) in [5.74, 6) is -1.52. The third kappa shape index (κ3) is 4.99. The zero-order valence-corrected chi connectivity index (χ0v) is 16.7. The maximum absolute atomic E-state index is 12.4. The summed E-state index contributed by atoms with van der Waals surface area (Å²) in [4.78, 5) is 47.0. The predicted molar refractivity (Wildman–Crippen MR) is 115 cm³/mol. The molecule has 8 nitrogen and oxygen atoms in total. The van der Waals surface area contributed by atoms with Crippen molar-refractivity contribution in [3.05, 3.63) is 72.1 Å². The van der Waals surface area contributed by atoms with E-state index >= 15 is 0 Å². The van der Waals surface area contributed by atoms with Gasteiger partial charge in [-0.2, -0.15) is 0 Å². The highest BCUT2D eigenvalue weighted by molar-refractivity contribution is 6.39. The molecule has 2 heterocycles. The van der Waals surface area contributed by atoms with E-state index in [0.29, 0.717) is 43.2 Å². The lowest BCUT2D eigenvalue weighted by Crippen LogP contribution is -2.45. The van der Waals surface area contributed by atoms with E-state index in [2.05, 4.69) is 15.3 Å². The van der Waals surface area contributed by atoms with E-state index in [1.807, 2.05) is 24.3 Å². The van der Waals surface area contributed by atoms with E-state index in [4.69, 9.17) is 4.74 Å². The Morgan fingerprint density at radius 2 is 1.68 bits per heavy atom. The van der Waals surface area contributed by atoms with Gasteiger partial charge >= 0.3 is 11.8 Å². The van der Waals surface area contributed by atoms with Crippen LogP contribution in [-0.2, 0) is 14.3 Å². The molecule has 0 radical (unpaired) electrons. The normalized spacial score (nSPS) is 14.0. The lowest BCUT2D eigenvalue weighted by molar-refractivity contribution is -0.145. The fraction of sp³-hybridized carbons (Fsp3) is 0.174. The molecule has 0 aliphatic carbocycles. The summed E-state index contributed by atoms with van der Waals surface area (Å²) in [7, 11) is 0. The summed E-state index contributed by atoms with van der Waals surface area (Å²) in [6.45, 7) is 1.64. The van der Waals surface area contributed by atoms with Crippen LogP contribution in [0.3, 0.4) is 0 Å². The van der Waals surface area contributed by atoms with Gasteiger partial charge in [0.15, 0.2) is 5.78 Å². The number of ketones is 1. The first-order valence-electron chi connectivity index (χ1n) is 9.82. The molecule has 1 aliphatic rings. The van der Waals surface area contributed by atoms with Crippen molar-refractivity contribution in [2.45, 2.75) is 0 Å². The van der Waals surface area contributed by atoms with Crippen molar-refractivity contribution in [1.82, 2.24) is 14.9 Å². The Morgan fingerprint density at radius 3 is 2.42 bits per heavy atom. The van der Waals surface area contributed by atoms with Gasteiger partial charge in [0.05, 0.1) is 36.1 Å². The molecule has 3 aromatic rings. The molecular formula is C23H20N4O4. The van der Waals surface area contributed by atoms with Crippen LogP contribution < -0.4 is 5.32 Å². The minimum absolute atomic E-state index is 0.211. The number of anilines is 1. The topological polar surface area (TPSA) is 101 Å². The quantitative estimate of drug-likeness (QED) is 0.398. The zero-order chi connectivity index (χ0) is 21.6. The van der Waals surface area contributed by atoms with Gasteiger partial charge in [-0.3, -0.25) is 19.4 Å². The van der Waals surface area contributed by atoms with E-state index < -0.39 is 11.8 Å². The van der Waals surface area contributed by atoms with Crippen LogP contribution >= 0.6 is 0 Å². The van der Waals surface area contributed by atoms with Gasteiger partial charge in [-0.25, -0.2) is 4.98 Å². The van der Waals surface area contributed by atoms with Gasteiger partial charge in [-0.15, -0.1) is 0 Å². The lowest BCUT2D eigenvalue weighted by atomic mass is 10.1. The summed E-state index contributed by atoms with van der Waals surface area (Å²) in [6, 6.07) is 13.9. The fourth-order valence-corrected chi connectivity index (χ4v) is 3.12. The van der Waals surface area contributed by atoms with E-state index in [1.54, 1.807) is 36.5 Å². The molecule has 1 aromatic heterocycles. The number of carbonyl (C=O) groups excluding carboxylic acids is 3. The van der Waals surface area contributed by atoms with E-state index in [0.717, 1.165) is 11.0 Å². The number of ether oxygens (including phenoxy) is 1. The van der Waals surface area contributed by atoms with Crippen LogP contribution in [0.4, 0.5) is 5.69 Å². The van der Waals surface area contributed by atoms with Crippen molar-refractivity contribution in [3.63, 3.8) is 0 Å². The molecular weight excluding hydrogens is 396 g/mol. The lowest BCUT2D eigenvalue weighted by Gasteiger charge is -2.26. The molecule has 0 unspecified atom stereocenters. The first kappa shape index (κ1) is 20.4. The molecule has 1 N–H and O–H groups in total. The molecule has 1 aliphatic heterocycles. The minimum atomic E-state index is -0.712. The second-order valence-corrected chi connectivity index (χ2v) is 6.92. The van der Waals surface area contributed by atoms with Crippen LogP contribution in [0.1, 0.15) is 16.1 Å². The number of hydrogen-bond acceptors (Lipinski definition) is 6. The summed E-state index contributed by atoms with van der Waals surface area (Å²) in [5, 5.41) is 2.56. The smallest absolute Gasteiger partial charge is 0.313 e. The zero-order valence-electron chi connectivity index (χ0n) is 16.7. The van der Waals surface area contributed by atoms with Gasteiger partial charge in [0, 0.05) is 24.3 Å². The Labute approximate surface area is 178 Å². The highest BCUT2D eigenvalue weighted by Crippen LogP contribution is 2.13. The monoisotopic (exact) mass is 416 g/mol. The Morgan fingerprint density at radius 1 is 0.968 bits per heavy atom. The van der Waals surface area contributed by atoms with Crippen LogP contribution in [0.5, 0.6) is 0 Å². The molecule has 4 rings (SSSR count). The summed E-state index contributed by atoms with van der Waals surface area (Å²) in [6.07, 6.45) is 4.64. The molecule has 31 heavy (non-hydrogen) atoms. The van der Waals surface area contributed by atoms with Crippen LogP contribution in [-0.4, -0.2) is 58.8 Å². The number of nitrogens with zero attached hydrogens (tertiary/aromatic N) is 3. The predicted octanol–water partition coefficient (Wildman–Crippen LogP) is 2.32. The van der Waals surface area contributed by atoms with E-state index in [-0.39, 0.29) is 5.78 Å². The van der Waals surface area contributed by atoms with Crippen molar-refractivity contribution in [2.75, 3.05) is 31.6 Å². The molecule has 0 bridgehead atoms. The minimum Gasteiger partial charge on any atom is -0.378 e. The van der Waals surface area contributed by atoms with Gasteiger partial charge in [-0.1, -0.05) is 12.1 Å². The van der Waals surface area contributed by atoms with Gasteiger partial charge in [0.25, 0.3) is 0 Å². The number of benzene rings is 2. The summed E-state index contributed by atoms with van der Waals surface area (Å²) in [5.41, 5.74) is 3.01. The maximum Gasteiger partial charge on any atom is 0.313 e. The number of aromatic nitrogens is 2. The maximum atomic E-state index is 12.4. The number of amides is 2. The van der Waals surface area contributed by atoms with Crippen LogP contribution in [0.2, 0.25) is 0 Å². The molecule has 0 spiro atoms. The molecule has 1 fully saturated rings. The van der Waals surface area contributed by atoms with Crippen molar-refractivity contribution in [1.29, 1.82) is 0 Å². The van der Waals surface area contributed by atoms with Crippen molar-refractivity contribution < 1.29 is 19.1 Å². The Bertz CT molecular complexity index is 1150. The van der Waals surface area contributed by atoms with E-state index in [9.17, 15) is 14.4 Å². The second-order valence-electron chi connectivity index (χ2n) is 6.92. The molecule has 156 valence electrons. The molecule has 0 atom stereocenters. The number of hydrogen-bond donors (Lipinski definition) is 1. The molecule has 0 saturated carbocycles. The number of fused-ring (bicyclic) bond motifs is 1. The van der Waals surface area contributed by atoms with Crippen molar-refractivity contribution >= 4 is 40.4 Å². The summed E-state index contributed by atoms with van der Waals surface area (Å²) >= 11 is 0. The average Bonchev–Trinajstić information content (AvgIpc) is 2.83. The standard InChI is InChI=1S/C23H20N4O4/c28-21(10-9-18-15-24-19-3-1-2-4-20(19)25-18)16-5-7-17(8-6-16)26-22(29)23(30)27-11-13-31-14-12-27/h1-10,15H,11-14H2,(H,26,29)/b10-9+. The van der Waals surface area contributed by atoms with Crippen LogP contribution in [0.15, 0.2) is 60.8 Å². The molecule has 1 saturated heterocycles. The van der Waals surface area contributed by atoms with Crippen molar-refractivity contribution in [3.8, 4) is 0 Å². The molecule has 2 aromatic carbocycles. The number of rotatable bonds is 4. The summed E-state index contributed by atoms with van der Waals surface area (Å²) < 4.78 is 5.18. The van der Waals surface area contributed by atoms with E-state index in [1.165, 1.54) is 11.0 Å². The highest BCUT2D eigenvalue weighted by atomic mass is 16.5. The Balaban J connectivity index is 1.37. The third-order valence-electron chi connectivity index (χ3n) is 4.79. The average molecular weight is 416 g/mol. The number of carbonyl (C=O) groups is 3. The molecule has 8 heteroatoms. The Kier molecular flexibility index (Phi) is 6.09. The largest absolute Gasteiger partial charge is 0.378 e. The first-order chi connectivity index (χ1) is 15.1. The second kappa shape index (κ2) is 9.27. The highest BCUT2D eigenvalue weighted by Gasteiger charge is 2.23. The van der Waals surface area contributed by atoms with Crippen LogP contribution in [0.25, 0.3) is 17.1 Å². The van der Waals surface area contributed by atoms with Crippen molar-refractivity contribution in [2.24, 2.45) is 0 Å². The first-order valence-corrected chi connectivity index (χ1v) is 9.82. The number of allylic oxidation sites excluding steroid dienone is 1. The van der Waals surface area contributed by atoms with Gasteiger partial charge in [0.2, 0.25) is 0 Å². The molecule has 2 amide bonds. The van der Waals surface area contributed by atoms with Gasteiger partial charge in [0.1, 0.15) is 0 Å². The van der Waals surface area contributed by atoms with Gasteiger partial charge in [-0.05, 0) is 48.6 Å². The number of nitrogens with one attached hydrogen (secondary N) is 1. The Hall–Kier alpha value is -3.91. The fourth-order valence-electron chi connectivity index (χ4n) is 3.12. The SMILES string of the molecule is O=C(Nc1ccc(C(=O)/C=C/c2cnc3ccccc3n2)cc1)C(=O)N1CCOCC1. The number of para-hydroxylation sites is 2. The number of morpholine rings is 1. The third-order valence-corrected chi connectivity index (χ3v) is 4.79. The van der Waals surface area contributed by atoms with Crippen LogP contribution in [0, 0.1) is 0 Å².